The fraction of sp³-hybridized carbons (Fsp3) is 0.667. The fourth-order valence-electron chi connectivity index (χ4n) is 3.59. The first-order chi connectivity index (χ1) is 11.5. The fourth-order valence-corrected chi connectivity index (χ4v) is 3.59. The molecule has 1 aromatic heterocycles. The summed E-state index contributed by atoms with van der Waals surface area (Å²) in [4.78, 5) is 21.4. The van der Waals surface area contributed by atoms with E-state index in [1.165, 1.54) is 12.8 Å². The highest BCUT2D eigenvalue weighted by atomic mass is 16.5. The smallest absolute Gasteiger partial charge is 0.272 e. The lowest BCUT2D eigenvalue weighted by molar-refractivity contribution is -0.143. The Kier molecular flexibility index (Phi) is 5.06. The topological polar surface area (TPSA) is 54.9 Å². The molecule has 0 N–H and O–H groups in total. The Morgan fingerprint density at radius 1 is 1.42 bits per heavy atom. The Labute approximate surface area is 143 Å². The molecule has 1 atom stereocenters. The van der Waals surface area contributed by atoms with E-state index in [1.807, 2.05) is 30.9 Å². The molecule has 0 aromatic carbocycles. The second-order valence-corrected chi connectivity index (χ2v) is 7.23. The molecule has 2 aliphatic heterocycles. The number of pyridine rings is 1. The number of methoxy groups -OCH3 is 1. The predicted molar refractivity (Wildman–Crippen MR) is 92.4 cm³/mol. The lowest BCUT2D eigenvalue weighted by Crippen LogP contribution is -2.55. The first-order valence-corrected chi connectivity index (χ1v) is 8.65. The van der Waals surface area contributed by atoms with E-state index in [-0.39, 0.29) is 17.6 Å². The molecule has 0 bridgehead atoms. The van der Waals surface area contributed by atoms with Gasteiger partial charge in [-0.2, -0.15) is 0 Å². The van der Waals surface area contributed by atoms with Crippen molar-refractivity contribution in [3.63, 3.8) is 0 Å². The Bertz CT molecular complexity index is 585. The number of hydrogen-bond donors (Lipinski definition) is 0. The molecule has 3 rings (SSSR count). The molecule has 6 nitrogen and oxygen atoms in total. The molecular formula is C18H27N3O3. The van der Waals surface area contributed by atoms with Crippen LogP contribution in [-0.2, 0) is 9.47 Å². The highest BCUT2D eigenvalue weighted by Gasteiger charge is 2.36. The summed E-state index contributed by atoms with van der Waals surface area (Å²) in [7, 11) is 1.65. The van der Waals surface area contributed by atoms with Crippen LogP contribution in [0.1, 0.15) is 37.2 Å². The lowest BCUT2D eigenvalue weighted by atomic mass is 10.0. The van der Waals surface area contributed by atoms with E-state index in [0.717, 1.165) is 18.8 Å². The second-order valence-electron chi connectivity index (χ2n) is 7.23. The number of aromatic nitrogens is 1. The second kappa shape index (κ2) is 7.07. The summed E-state index contributed by atoms with van der Waals surface area (Å²) in [6, 6.07) is 3.90. The molecule has 2 aliphatic rings. The monoisotopic (exact) mass is 333 g/mol. The van der Waals surface area contributed by atoms with Crippen LogP contribution in [-0.4, -0.2) is 67.4 Å². The van der Waals surface area contributed by atoms with Crippen molar-refractivity contribution in [2.75, 3.05) is 44.8 Å². The van der Waals surface area contributed by atoms with Gasteiger partial charge in [0.15, 0.2) is 0 Å². The standard InChI is InChI=1S/C18H27N3O3/c1-18(2)13-21(11-15(24-18)12-23-3)17(22)16-10-14(6-7-19-16)20-8-4-5-9-20/h6-7,10,15H,4-5,8-9,11-13H2,1-3H3/t15-/m0/s1. The third-order valence-electron chi connectivity index (χ3n) is 4.55. The molecule has 2 fully saturated rings. The summed E-state index contributed by atoms with van der Waals surface area (Å²) in [6.45, 7) is 7.69. The molecule has 24 heavy (non-hydrogen) atoms. The number of ether oxygens (including phenoxy) is 2. The van der Waals surface area contributed by atoms with Gasteiger partial charge in [-0.1, -0.05) is 0 Å². The summed E-state index contributed by atoms with van der Waals surface area (Å²) in [5.74, 6) is -0.0338. The van der Waals surface area contributed by atoms with Crippen molar-refractivity contribution in [2.24, 2.45) is 0 Å². The highest BCUT2D eigenvalue weighted by Crippen LogP contribution is 2.24. The minimum absolute atomic E-state index is 0.0338. The number of nitrogens with zero attached hydrogens (tertiary/aromatic N) is 3. The van der Waals surface area contributed by atoms with Gasteiger partial charge in [0.25, 0.3) is 5.91 Å². The van der Waals surface area contributed by atoms with Crippen molar-refractivity contribution in [3.8, 4) is 0 Å². The maximum atomic E-state index is 13.0. The van der Waals surface area contributed by atoms with Gasteiger partial charge in [-0.05, 0) is 38.8 Å². The van der Waals surface area contributed by atoms with Gasteiger partial charge in [-0.3, -0.25) is 9.78 Å². The first kappa shape index (κ1) is 17.2. The summed E-state index contributed by atoms with van der Waals surface area (Å²) < 4.78 is 11.2. The molecule has 1 amide bonds. The Morgan fingerprint density at radius 3 is 2.88 bits per heavy atom. The highest BCUT2D eigenvalue weighted by molar-refractivity contribution is 5.93. The lowest BCUT2D eigenvalue weighted by Gasteiger charge is -2.42. The normalized spacial score (nSPS) is 23.5. The van der Waals surface area contributed by atoms with Crippen LogP contribution < -0.4 is 4.90 Å². The average Bonchev–Trinajstić information content (AvgIpc) is 3.07. The van der Waals surface area contributed by atoms with Gasteiger partial charge in [0.2, 0.25) is 0 Å². The van der Waals surface area contributed by atoms with E-state index in [1.54, 1.807) is 13.3 Å². The van der Waals surface area contributed by atoms with E-state index in [2.05, 4.69) is 9.88 Å². The molecule has 0 saturated carbocycles. The quantitative estimate of drug-likeness (QED) is 0.843. The van der Waals surface area contributed by atoms with Crippen LogP contribution in [0.3, 0.4) is 0 Å². The van der Waals surface area contributed by atoms with Gasteiger partial charge in [-0.25, -0.2) is 0 Å². The van der Waals surface area contributed by atoms with E-state index in [9.17, 15) is 4.79 Å². The van der Waals surface area contributed by atoms with Crippen LogP contribution in [0.4, 0.5) is 5.69 Å². The third kappa shape index (κ3) is 3.87. The largest absolute Gasteiger partial charge is 0.382 e. The van der Waals surface area contributed by atoms with Crippen LogP contribution in [0.25, 0.3) is 0 Å². The molecule has 0 unspecified atom stereocenters. The van der Waals surface area contributed by atoms with Crippen LogP contribution in [0.15, 0.2) is 18.3 Å². The van der Waals surface area contributed by atoms with E-state index >= 15 is 0 Å². The third-order valence-corrected chi connectivity index (χ3v) is 4.55. The van der Waals surface area contributed by atoms with E-state index in [4.69, 9.17) is 9.47 Å². The summed E-state index contributed by atoms with van der Waals surface area (Å²) >= 11 is 0. The molecule has 0 radical (unpaired) electrons. The zero-order valence-electron chi connectivity index (χ0n) is 14.8. The van der Waals surface area contributed by atoms with Crippen LogP contribution >= 0.6 is 0 Å². The SMILES string of the molecule is COC[C@@H]1CN(C(=O)c2cc(N3CCCC3)ccn2)CC(C)(C)O1. The maximum Gasteiger partial charge on any atom is 0.272 e. The number of anilines is 1. The molecule has 1 aromatic rings. The Hall–Kier alpha value is -1.66. The number of hydrogen-bond acceptors (Lipinski definition) is 5. The van der Waals surface area contributed by atoms with Gasteiger partial charge in [0, 0.05) is 45.2 Å². The van der Waals surface area contributed by atoms with Gasteiger partial charge >= 0.3 is 0 Å². The number of amides is 1. The number of rotatable bonds is 4. The molecule has 0 aliphatic carbocycles. The summed E-state index contributed by atoms with van der Waals surface area (Å²) in [5, 5.41) is 0. The van der Waals surface area contributed by atoms with Gasteiger partial charge in [-0.15, -0.1) is 0 Å². The predicted octanol–water partition coefficient (Wildman–Crippen LogP) is 1.95. The zero-order valence-corrected chi connectivity index (χ0v) is 14.8. The van der Waals surface area contributed by atoms with Gasteiger partial charge < -0.3 is 19.3 Å². The van der Waals surface area contributed by atoms with E-state index < -0.39 is 0 Å². The van der Waals surface area contributed by atoms with Crippen molar-refractivity contribution in [1.82, 2.24) is 9.88 Å². The van der Waals surface area contributed by atoms with Crippen molar-refractivity contribution in [3.05, 3.63) is 24.0 Å². The van der Waals surface area contributed by atoms with Crippen molar-refractivity contribution in [1.29, 1.82) is 0 Å². The van der Waals surface area contributed by atoms with Gasteiger partial charge in [0.1, 0.15) is 5.69 Å². The number of carbonyl (C=O) groups is 1. The van der Waals surface area contributed by atoms with Crippen molar-refractivity contribution >= 4 is 11.6 Å². The summed E-state index contributed by atoms with van der Waals surface area (Å²) in [5.41, 5.74) is 1.21. The Morgan fingerprint density at radius 2 is 2.17 bits per heavy atom. The Balaban J connectivity index is 1.76. The van der Waals surface area contributed by atoms with E-state index in [0.29, 0.717) is 25.4 Å². The molecule has 3 heterocycles. The average molecular weight is 333 g/mol. The minimum atomic E-state index is -0.385. The molecule has 6 heteroatoms. The number of morpholine rings is 1. The molecule has 132 valence electrons. The van der Waals surface area contributed by atoms with Crippen LogP contribution in [0, 0.1) is 0 Å². The zero-order chi connectivity index (χ0) is 17.2. The number of carbonyl (C=O) groups excluding carboxylic acids is 1. The van der Waals surface area contributed by atoms with Crippen molar-refractivity contribution in [2.45, 2.75) is 38.4 Å². The molecule has 0 spiro atoms. The first-order valence-electron chi connectivity index (χ1n) is 8.65. The van der Waals surface area contributed by atoms with Crippen LogP contribution in [0.2, 0.25) is 0 Å². The molecule has 2 saturated heterocycles. The molecular weight excluding hydrogens is 306 g/mol. The maximum absolute atomic E-state index is 13.0. The summed E-state index contributed by atoms with van der Waals surface area (Å²) in [6.07, 6.45) is 4.05. The van der Waals surface area contributed by atoms with Crippen LogP contribution in [0.5, 0.6) is 0 Å². The van der Waals surface area contributed by atoms with Gasteiger partial charge in [0.05, 0.1) is 18.3 Å². The van der Waals surface area contributed by atoms with Crippen molar-refractivity contribution < 1.29 is 14.3 Å². The minimum Gasteiger partial charge on any atom is -0.382 e.